The normalized spacial score (nSPS) is 10.5. The molecule has 0 spiro atoms. The Balaban J connectivity index is 1.61. The summed E-state index contributed by atoms with van der Waals surface area (Å²) in [7, 11) is 1.67. The molecule has 5 heteroatoms. The highest BCUT2D eigenvalue weighted by atomic mass is 16.5. The zero-order valence-electron chi connectivity index (χ0n) is 17.4. The first-order chi connectivity index (χ1) is 15.2. The largest absolute Gasteiger partial charge is 0.497 e. The lowest BCUT2D eigenvalue weighted by atomic mass is 10.0. The number of nitrogens with one attached hydrogen (secondary N) is 1. The summed E-state index contributed by atoms with van der Waals surface area (Å²) >= 11 is 0. The first kappa shape index (κ1) is 20.3. The highest BCUT2D eigenvalue weighted by Gasteiger charge is 2.10. The molecule has 0 fully saturated rings. The fourth-order valence-corrected chi connectivity index (χ4v) is 3.33. The van der Waals surface area contributed by atoms with Crippen LogP contribution in [0.5, 0.6) is 11.5 Å². The standard InChI is InChI=1S/C26H25N3O2/c1-30-22-10-5-9-21(16-22)23-15-20(17-29-24-11-6-14-28-26(24)27)12-13-25(23)31-18-19-7-3-2-4-8-19/h2-16,29H,17-18H2,1H3,(H2,27,28). The number of nitrogens with zero attached hydrogens (tertiary/aromatic N) is 1. The third kappa shape index (κ3) is 5.14. The van der Waals surface area contributed by atoms with Crippen molar-refractivity contribution in [3.8, 4) is 22.6 Å². The molecule has 0 unspecified atom stereocenters. The smallest absolute Gasteiger partial charge is 0.146 e. The molecule has 156 valence electrons. The van der Waals surface area contributed by atoms with Crippen LogP contribution in [0.2, 0.25) is 0 Å². The van der Waals surface area contributed by atoms with E-state index < -0.39 is 0 Å². The average molecular weight is 412 g/mol. The minimum absolute atomic E-state index is 0.485. The van der Waals surface area contributed by atoms with Gasteiger partial charge in [-0.2, -0.15) is 0 Å². The van der Waals surface area contributed by atoms with Crippen LogP contribution in [0.15, 0.2) is 91.1 Å². The van der Waals surface area contributed by atoms with Gasteiger partial charge in [0.05, 0.1) is 12.8 Å². The molecule has 0 atom stereocenters. The average Bonchev–Trinajstić information content (AvgIpc) is 2.83. The van der Waals surface area contributed by atoms with Gasteiger partial charge in [-0.25, -0.2) is 4.98 Å². The van der Waals surface area contributed by atoms with Gasteiger partial charge in [-0.3, -0.25) is 0 Å². The molecule has 1 aromatic heterocycles. The van der Waals surface area contributed by atoms with E-state index in [1.807, 2.05) is 54.6 Å². The molecule has 4 aromatic rings. The Morgan fingerprint density at radius 2 is 1.74 bits per heavy atom. The summed E-state index contributed by atoms with van der Waals surface area (Å²) in [4.78, 5) is 4.12. The summed E-state index contributed by atoms with van der Waals surface area (Å²) in [6.07, 6.45) is 1.68. The molecule has 0 radical (unpaired) electrons. The van der Waals surface area contributed by atoms with E-state index in [4.69, 9.17) is 15.2 Å². The van der Waals surface area contributed by atoms with Gasteiger partial charge < -0.3 is 20.5 Å². The van der Waals surface area contributed by atoms with Crippen molar-refractivity contribution in [2.24, 2.45) is 0 Å². The first-order valence-corrected chi connectivity index (χ1v) is 10.1. The Hall–Kier alpha value is -3.99. The van der Waals surface area contributed by atoms with Crippen molar-refractivity contribution in [2.45, 2.75) is 13.2 Å². The second-order valence-corrected chi connectivity index (χ2v) is 7.13. The van der Waals surface area contributed by atoms with E-state index in [1.165, 1.54) is 0 Å². The number of anilines is 2. The molecule has 0 amide bonds. The lowest BCUT2D eigenvalue weighted by Crippen LogP contribution is -2.04. The highest BCUT2D eigenvalue weighted by molar-refractivity contribution is 5.72. The quantitative estimate of drug-likeness (QED) is 0.399. The Morgan fingerprint density at radius 1 is 0.871 bits per heavy atom. The molecule has 0 saturated carbocycles. The van der Waals surface area contributed by atoms with Gasteiger partial charge in [0.2, 0.25) is 0 Å². The van der Waals surface area contributed by atoms with Crippen LogP contribution in [0.4, 0.5) is 11.5 Å². The van der Waals surface area contributed by atoms with Crippen LogP contribution in [0, 0.1) is 0 Å². The minimum Gasteiger partial charge on any atom is -0.497 e. The van der Waals surface area contributed by atoms with Crippen LogP contribution in [-0.2, 0) is 13.2 Å². The maximum Gasteiger partial charge on any atom is 0.146 e. The van der Waals surface area contributed by atoms with E-state index in [2.05, 4.69) is 40.6 Å². The van der Waals surface area contributed by atoms with Gasteiger partial charge in [0.25, 0.3) is 0 Å². The summed E-state index contributed by atoms with van der Waals surface area (Å²) in [6.45, 7) is 1.12. The summed E-state index contributed by atoms with van der Waals surface area (Å²) in [6, 6.07) is 28.1. The van der Waals surface area contributed by atoms with Crippen molar-refractivity contribution in [2.75, 3.05) is 18.2 Å². The van der Waals surface area contributed by atoms with Crippen molar-refractivity contribution >= 4 is 11.5 Å². The molecule has 1 heterocycles. The minimum atomic E-state index is 0.485. The molecule has 0 saturated heterocycles. The number of methoxy groups -OCH3 is 1. The molecular formula is C26H25N3O2. The Bertz CT molecular complexity index is 1150. The molecular weight excluding hydrogens is 386 g/mol. The number of hydrogen-bond donors (Lipinski definition) is 2. The number of nitrogens with two attached hydrogens (primary N) is 1. The number of pyridine rings is 1. The maximum absolute atomic E-state index is 6.20. The molecule has 3 aromatic carbocycles. The van der Waals surface area contributed by atoms with Gasteiger partial charge in [-0.1, -0.05) is 48.5 Å². The van der Waals surface area contributed by atoms with Crippen LogP contribution >= 0.6 is 0 Å². The zero-order valence-corrected chi connectivity index (χ0v) is 17.4. The van der Waals surface area contributed by atoms with Gasteiger partial charge in [-0.15, -0.1) is 0 Å². The van der Waals surface area contributed by atoms with Crippen LogP contribution in [0.3, 0.4) is 0 Å². The predicted octanol–water partition coefficient (Wildman–Crippen LogP) is 5.53. The SMILES string of the molecule is COc1cccc(-c2cc(CNc3cccnc3N)ccc2OCc2ccccc2)c1. The Kier molecular flexibility index (Phi) is 6.33. The zero-order chi connectivity index (χ0) is 21.5. The number of hydrogen-bond acceptors (Lipinski definition) is 5. The van der Waals surface area contributed by atoms with E-state index in [1.54, 1.807) is 13.3 Å². The monoisotopic (exact) mass is 411 g/mol. The molecule has 0 aliphatic carbocycles. The molecule has 0 aliphatic heterocycles. The van der Waals surface area contributed by atoms with Crippen molar-refractivity contribution in [3.63, 3.8) is 0 Å². The van der Waals surface area contributed by atoms with Gasteiger partial charge >= 0.3 is 0 Å². The van der Waals surface area contributed by atoms with Gasteiger partial charge in [0, 0.05) is 18.3 Å². The van der Waals surface area contributed by atoms with E-state index in [-0.39, 0.29) is 0 Å². The van der Waals surface area contributed by atoms with E-state index >= 15 is 0 Å². The number of rotatable bonds is 8. The summed E-state index contributed by atoms with van der Waals surface area (Å²) in [5.74, 6) is 2.11. The van der Waals surface area contributed by atoms with Gasteiger partial charge in [0.15, 0.2) is 0 Å². The van der Waals surface area contributed by atoms with E-state index in [0.717, 1.165) is 39.4 Å². The number of ether oxygens (including phenoxy) is 2. The lowest BCUT2D eigenvalue weighted by molar-refractivity contribution is 0.307. The number of benzene rings is 3. The third-order valence-electron chi connectivity index (χ3n) is 4.98. The van der Waals surface area contributed by atoms with Crippen LogP contribution in [0.25, 0.3) is 11.1 Å². The highest BCUT2D eigenvalue weighted by Crippen LogP contribution is 2.34. The first-order valence-electron chi connectivity index (χ1n) is 10.1. The van der Waals surface area contributed by atoms with Crippen LogP contribution < -0.4 is 20.5 Å². The predicted molar refractivity (Wildman–Crippen MR) is 125 cm³/mol. The Morgan fingerprint density at radius 3 is 2.55 bits per heavy atom. The fraction of sp³-hybridized carbons (Fsp3) is 0.115. The number of aromatic nitrogens is 1. The van der Waals surface area contributed by atoms with Crippen LogP contribution in [-0.4, -0.2) is 12.1 Å². The molecule has 0 aliphatic rings. The third-order valence-corrected chi connectivity index (χ3v) is 4.98. The maximum atomic E-state index is 6.20. The topological polar surface area (TPSA) is 69.4 Å². The van der Waals surface area contributed by atoms with Crippen molar-refractivity contribution < 1.29 is 9.47 Å². The van der Waals surface area contributed by atoms with E-state index in [0.29, 0.717) is 19.0 Å². The van der Waals surface area contributed by atoms with Gasteiger partial charge in [-0.05, 0) is 53.1 Å². The van der Waals surface area contributed by atoms with Crippen molar-refractivity contribution in [1.82, 2.24) is 4.98 Å². The van der Waals surface area contributed by atoms with Gasteiger partial charge in [0.1, 0.15) is 23.9 Å². The fourth-order valence-electron chi connectivity index (χ4n) is 3.33. The summed E-state index contributed by atoms with van der Waals surface area (Å²) < 4.78 is 11.6. The lowest BCUT2D eigenvalue weighted by Gasteiger charge is -2.15. The Labute approximate surface area is 182 Å². The van der Waals surface area contributed by atoms with E-state index in [9.17, 15) is 0 Å². The number of nitrogen functional groups attached to an aromatic ring is 1. The second-order valence-electron chi connectivity index (χ2n) is 7.13. The van der Waals surface area contributed by atoms with Crippen LogP contribution in [0.1, 0.15) is 11.1 Å². The summed E-state index contributed by atoms with van der Waals surface area (Å²) in [5, 5.41) is 3.35. The summed E-state index contributed by atoms with van der Waals surface area (Å²) in [5.41, 5.74) is 11.0. The second kappa shape index (κ2) is 9.67. The molecule has 0 bridgehead atoms. The molecule has 31 heavy (non-hydrogen) atoms. The molecule has 4 rings (SSSR count). The van der Waals surface area contributed by atoms with Crippen molar-refractivity contribution in [1.29, 1.82) is 0 Å². The molecule has 5 nitrogen and oxygen atoms in total. The molecule has 3 N–H and O–H groups in total. The van der Waals surface area contributed by atoms with Crippen molar-refractivity contribution in [3.05, 3.63) is 102 Å².